The molecule has 2 rings (SSSR count). The van der Waals surface area contributed by atoms with E-state index in [4.69, 9.17) is 0 Å². The van der Waals surface area contributed by atoms with Gasteiger partial charge in [-0.1, -0.05) is 36.8 Å². The largest absolute Gasteiger partial charge is 0.354 e. The summed E-state index contributed by atoms with van der Waals surface area (Å²) in [6.45, 7) is 6.74. The SMILES string of the molecule is CCNCc1ccc(N(C)Cc2cccc(C)c2)nn1. The lowest BCUT2D eigenvalue weighted by Gasteiger charge is -2.18. The Kier molecular flexibility index (Phi) is 5.07. The first kappa shape index (κ1) is 14.5. The molecule has 0 bridgehead atoms. The van der Waals surface area contributed by atoms with Gasteiger partial charge in [0.2, 0.25) is 0 Å². The van der Waals surface area contributed by atoms with Crippen LogP contribution in [0.2, 0.25) is 0 Å². The third kappa shape index (κ3) is 4.03. The zero-order valence-corrected chi connectivity index (χ0v) is 12.4. The van der Waals surface area contributed by atoms with Gasteiger partial charge in [0.05, 0.1) is 5.69 Å². The Labute approximate surface area is 120 Å². The summed E-state index contributed by atoms with van der Waals surface area (Å²) < 4.78 is 0. The van der Waals surface area contributed by atoms with Crippen LogP contribution in [0.15, 0.2) is 36.4 Å². The van der Waals surface area contributed by atoms with Crippen LogP contribution in [0.4, 0.5) is 5.82 Å². The number of anilines is 1. The maximum Gasteiger partial charge on any atom is 0.151 e. The Morgan fingerprint density at radius 1 is 1.15 bits per heavy atom. The van der Waals surface area contributed by atoms with E-state index in [0.717, 1.165) is 31.1 Å². The normalized spacial score (nSPS) is 10.6. The third-order valence-corrected chi connectivity index (χ3v) is 3.16. The molecule has 20 heavy (non-hydrogen) atoms. The summed E-state index contributed by atoms with van der Waals surface area (Å²) in [6.07, 6.45) is 0. The molecule has 0 aliphatic carbocycles. The van der Waals surface area contributed by atoms with Crippen molar-refractivity contribution in [2.75, 3.05) is 18.5 Å². The molecule has 0 amide bonds. The Morgan fingerprint density at radius 3 is 2.65 bits per heavy atom. The van der Waals surface area contributed by atoms with Crippen molar-refractivity contribution in [1.82, 2.24) is 15.5 Å². The van der Waals surface area contributed by atoms with Gasteiger partial charge in [0, 0.05) is 20.1 Å². The molecule has 1 heterocycles. The number of nitrogens with one attached hydrogen (secondary N) is 1. The summed E-state index contributed by atoms with van der Waals surface area (Å²) in [4.78, 5) is 2.11. The summed E-state index contributed by atoms with van der Waals surface area (Å²) in [6, 6.07) is 12.6. The predicted molar refractivity (Wildman–Crippen MR) is 82.7 cm³/mol. The molecule has 0 aliphatic heterocycles. The molecular weight excluding hydrogens is 248 g/mol. The molecule has 2 aromatic rings. The summed E-state index contributed by atoms with van der Waals surface area (Å²) in [5, 5.41) is 11.8. The molecule has 1 aromatic heterocycles. The van der Waals surface area contributed by atoms with E-state index in [2.05, 4.69) is 58.5 Å². The zero-order chi connectivity index (χ0) is 14.4. The van der Waals surface area contributed by atoms with Gasteiger partial charge < -0.3 is 10.2 Å². The minimum Gasteiger partial charge on any atom is -0.354 e. The van der Waals surface area contributed by atoms with Crippen molar-refractivity contribution in [3.63, 3.8) is 0 Å². The standard InChI is InChI=1S/C16H22N4/c1-4-17-11-15-8-9-16(19-18-15)20(3)12-14-7-5-6-13(2)10-14/h5-10,17H,4,11-12H2,1-3H3. The minimum atomic E-state index is 0.769. The molecule has 4 nitrogen and oxygen atoms in total. The van der Waals surface area contributed by atoms with Crippen LogP contribution in [-0.2, 0) is 13.1 Å². The molecule has 1 aromatic carbocycles. The van der Waals surface area contributed by atoms with Crippen LogP contribution >= 0.6 is 0 Å². The smallest absolute Gasteiger partial charge is 0.151 e. The molecule has 0 unspecified atom stereocenters. The number of benzene rings is 1. The number of rotatable bonds is 6. The third-order valence-electron chi connectivity index (χ3n) is 3.16. The highest BCUT2D eigenvalue weighted by atomic mass is 15.2. The second kappa shape index (κ2) is 7.01. The fourth-order valence-electron chi connectivity index (χ4n) is 2.07. The molecule has 106 valence electrons. The van der Waals surface area contributed by atoms with E-state index >= 15 is 0 Å². The zero-order valence-electron chi connectivity index (χ0n) is 12.4. The van der Waals surface area contributed by atoms with Gasteiger partial charge in [0.1, 0.15) is 0 Å². The number of aromatic nitrogens is 2. The summed E-state index contributed by atoms with van der Waals surface area (Å²) in [5.41, 5.74) is 3.54. The van der Waals surface area contributed by atoms with Gasteiger partial charge in [-0.25, -0.2) is 0 Å². The Bertz CT molecular complexity index is 536. The van der Waals surface area contributed by atoms with Crippen molar-refractivity contribution in [2.24, 2.45) is 0 Å². The van der Waals surface area contributed by atoms with Crippen LogP contribution in [0.5, 0.6) is 0 Å². The molecule has 4 heteroatoms. The van der Waals surface area contributed by atoms with Crippen LogP contribution in [0, 0.1) is 6.92 Å². The van der Waals surface area contributed by atoms with E-state index < -0.39 is 0 Å². The van der Waals surface area contributed by atoms with Gasteiger partial charge in [-0.05, 0) is 31.2 Å². The highest BCUT2D eigenvalue weighted by Crippen LogP contribution is 2.13. The van der Waals surface area contributed by atoms with Gasteiger partial charge in [-0.2, -0.15) is 5.10 Å². The van der Waals surface area contributed by atoms with Crippen molar-refractivity contribution in [3.05, 3.63) is 53.2 Å². The lowest BCUT2D eigenvalue weighted by Crippen LogP contribution is -2.19. The van der Waals surface area contributed by atoms with E-state index in [1.807, 2.05) is 19.2 Å². The first-order chi connectivity index (χ1) is 9.69. The van der Waals surface area contributed by atoms with Crippen molar-refractivity contribution in [1.29, 1.82) is 0 Å². The van der Waals surface area contributed by atoms with Crippen molar-refractivity contribution < 1.29 is 0 Å². The molecular formula is C16H22N4. The van der Waals surface area contributed by atoms with Gasteiger partial charge >= 0.3 is 0 Å². The monoisotopic (exact) mass is 270 g/mol. The maximum absolute atomic E-state index is 4.29. The average Bonchev–Trinajstić information content (AvgIpc) is 2.45. The Hall–Kier alpha value is -1.94. The second-order valence-electron chi connectivity index (χ2n) is 5.01. The van der Waals surface area contributed by atoms with Crippen molar-refractivity contribution in [2.45, 2.75) is 26.9 Å². The number of aryl methyl sites for hydroxylation is 1. The van der Waals surface area contributed by atoms with Crippen LogP contribution in [0.3, 0.4) is 0 Å². The molecule has 0 atom stereocenters. The molecule has 0 aliphatic rings. The lowest BCUT2D eigenvalue weighted by molar-refractivity contribution is 0.696. The van der Waals surface area contributed by atoms with Crippen LogP contribution < -0.4 is 10.2 Å². The summed E-state index contributed by atoms with van der Waals surface area (Å²) >= 11 is 0. The minimum absolute atomic E-state index is 0.769. The fraction of sp³-hybridized carbons (Fsp3) is 0.375. The molecule has 0 radical (unpaired) electrons. The highest BCUT2D eigenvalue weighted by Gasteiger charge is 2.05. The van der Waals surface area contributed by atoms with Gasteiger partial charge in [0.15, 0.2) is 5.82 Å². The van der Waals surface area contributed by atoms with Crippen molar-refractivity contribution >= 4 is 5.82 Å². The van der Waals surface area contributed by atoms with E-state index in [-0.39, 0.29) is 0 Å². The summed E-state index contributed by atoms with van der Waals surface area (Å²) in [5.74, 6) is 0.895. The average molecular weight is 270 g/mol. The van der Waals surface area contributed by atoms with E-state index in [1.165, 1.54) is 11.1 Å². The molecule has 0 saturated heterocycles. The van der Waals surface area contributed by atoms with Crippen LogP contribution in [0.1, 0.15) is 23.7 Å². The van der Waals surface area contributed by atoms with Crippen molar-refractivity contribution in [3.8, 4) is 0 Å². The van der Waals surface area contributed by atoms with Gasteiger partial charge in [0.25, 0.3) is 0 Å². The lowest BCUT2D eigenvalue weighted by atomic mass is 10.1. The molecule has 0 spiro atoms. The van der Waals surface area contributed by atoms with E-state index in [9.17, 15) is 0 Å². The maximum atomic E-state index is 4.29. The molecule has 0 fully saturated rings. The molecule has 1 N–H and O–H groups in total. The number of nitrogens with zero attached hydrogens (tertiary/aromatic N) is 3. The number of hydrogen-bond acceptors (Lipinski definition) is 4. The van der Waals surface area contributed by atoms with Gasteiger partial charge in [-0.15, -0.1) is 5.10 Å². The Morgan fingerprint density at radius 2 is 2.00 bits per heavy atom. The topological polar surface area (TPSA) is 41.0 Å². The summed E-state index contributed by atoms with van der Waals surface area (Å²) in [7, 11) is 2.04. The van der Waals surface area contributed by atoms with Crippen LogP contribution in [0.25, 0.3) is 0 Å². The Balaban J connectivity index is 2.00. The quantitative estimate of drug-likeness (QED) is 0.876. The van der Waals surface area contributed by atoms with Crippen LogP contribution in [-0.4, -0.2) is 23.8 Å². The van der Waals surface area contributed by atoms with Gasteiger partial charge in [-0.3, -0.25) is 0 Å². The second-order valence-corrected chi connectivity index (χ2v) is 5.01. The van der Waals surface area contributed by atoms with E-state index in [0.29, 0.717) is 0 Å². The number of hydrogen-bond donors (Lipinski definition) is 1. The first-order valence-corrected chi connectivity index (χ1v) is 6.99. The molecule has 0 saturated carbocycles. The highest BCUT2D eigenvalue weighted by molar-refractivity contribution is 5.38. The van der Waals surface area contributed by atoms with E-state index in [1.54, 1.807) is 0 Å². The first-order valence-electron chi connectivity index (χ1n) is 6.99. The predicted octanol–water partition coefficient (Wildman–Crippen LogP) is 2.53. The fourth-order valence-corrected chi connectivity index (χ4v) is 2.07.